The number of aromatic nitrogens is 6. The Morgan fingerprint density at radius 1 is 0.861 bits per heavy atom. The van der Waals surface area contributed by atoms with Gasteiger partial charge in [0.15, 0.2) is 16.9 Å². The Labute approximate surface area is 413 Å². The highest BCUT2D eigenvalue weighted by Crippen LogP contribution is 2.28. The van der Waals surface area contributed by atoms with Crippen LogP contribution in [0.4, 0.5) is 11.6 Å². The van der Waals surface area contributed by atoms with Crippen LogP contribution in [0.1, 0.15) is 87.6 Å². The number of carbonyl (C=O) groups excluding carboxylic acids is 4. The van der Waals surface area contributed by atoms with Crippen LogP contribution in [0.15, 0.2) is 76.1 Å². The zero-order valence-electron chi connectivity index (χ0n) is 40.4. The smallest absolute Gasteiger partial charge is 0.326 e. The predicted molar refractivity (Wildman–Crippen MR) is 266 cm³/mol. The number of allylic oxidation sites excluding steroid dienone is 1. The lowest BCUT2D eigenvalue weighted by Crippen LogP contribution is -2.41. The van der Waals surface area contributed by atoms with Crippen LogP contribution in [0.25, 0.3) is 17.2 Å². The minimum Gasteiger partial charge on any atom is -0.494 e. The maximum absolute atomic E-state index is 13.2. The van der Waals surface area contributed by atoms with Crippen LogP contribution >= 0.6 is 0 Å². The van der Waals surface area contributed by atoms with E-state index in [0.717, 1.165) is 28.4 Å². The second kappa shape index (κ2) is 26.8. The molecule has 23 nitrogen and oxygen atoms in total. The van der Waals surface area contributed by atoms with Gasteiger partial charge in [-0.15, -0.1) is 0 Å². The van der Waals surface area contributed by atoms with Gasteiger partial charge in [-0.1, -0.05) is 0 Å². The van der Waals surface area contributed by atoms with Gasteiger partial charge in [0, 0.05) is 86.0 Å². The van der Waals surface area contributed by atoms with E-state index in [1.54, 1.807) is 19.2 Å². The van der Waals surface area contributed by atoms with Crippen LogP contribution in [-0.4, -0.2) is 136 Å². The van der Waals surface area contributed by atoms with E-state index in [0.29, 0.717) is 94.0 Å². The molecule has 1 aliphatic heterocycles. The normalized spacial score (nSPS) is 13.1. The third-order valence-electron chi connectivity index (χ3n) is 11.2. The molecule has 0 aliphatic carbocycles. The van der Waals surface area contributed by atoms with Crippen LogP contribution in [0.2, 0.25) is 0 Å². The summed E-state index contributed by atoms with van der Waals surface area (Å²) in [5.74, 6) is -2.02. The SMILES string of the molecule is COC1=CC(c2ccc[nH]2)=N/C1=C\c1[nH]c(C)c(C(=O)CCC(=O)NCCCOCCOCCOCCCNC(=O)CC[C@H](NC(=O)c2ccc(NCc3cnc4nc(N)[nH]c(=O)c4n3)cc2)C(=O)O)c1C. The molecule has 0 saturated heterocycles. The molecule has 10 N–H and O–H groups in total. The van der Waals surface area contributed by atoms with Gasteiger partial charge in [0.25, 0.3) is 11.5 Å². The number of aromatic amines is 3. The number of ketones is 1. The molecule has 0 unspecified atom stereocenters. The molecular weight excluding hydrogens is 933 g/mol. The predicted octanol–water partition coefficient (Wildman–Crippen LogP) is 3.24. The van der Waals surface area contributed by atoms with Crippen LogP contribution in [0.5, 0.6) is 0 Å². The molecule has 5 aromatic rings. The summed E-state index contributed by atoms with van der Waals surface area (Å²) in [5, 5.41) is 20.8. The number of carboxylic acids is 1. The first-order chi connectivity index (χ1) is 34.8. The van der Waals surface area contributed by atoms with Gasteiger partial charge in [-0.05, 0) is 81.1 Å². The average molecular weight is 993 g/mol. The standard InChI is InChI=1S/C49H60N12O11/c1-29-36(25-38-40(69-3)26-37(58-38)34-7-4-16-51-34)56-30(2)43(29)39(62)13-15-42(64)53-18-6-20-71-22-24-72-23-21-70-19-5-17-52-41(63)14-12-35(48(67)68)59-46(65)31-8-10-32(11-9-31)54-27-33-28-55-45-44(57-33)47(66)61-49(50)60-45/h4,7-11,16,25-26,28,35,51,54,56H,5-6,12-15,17-24,27H2,1-3H3,(H,52,63)(H,53,64)(H,59,65)(H,67,68)(H3,50,55,60,61,66)/b38-25-/t35-/m0/s1. The van der Waals surface area contributed by atoms with E-state index < -0.39 is 23.5 Å². The van der Waals surface area contributed by atoms with Crippen LogP contribution < -0.4 is 32.6 Å². The third-order valence-corrected chi connectivity index (χ3v) is 11.2. The van der Waals surface area contributed by atoms with E-state index in [-0.39, 0.29) is 72.5 Å². The summed E-state index contributed by atoms with van der Waals surface area (Å²) < 4.78 is 22.2. The van der Waals surface area contributed by atoms with Crippen molar-refractivity contribution < 1.29 is 48.0 Å². The summed E-state index contributed by atoms with van der Waals surface area (Å²) in [4.78, 5) is 101. The molecule has 23 heteroatoms. The fourth-order valence-corrected chi connectivity index (χ4v) is 7.42. The number of hydrogen-bond donors (Lipinski definition) is 9. The van der Waals surface area contributed by atoms with E-state index in [2.05, 4.69) is 51.2 Å². The number of H-pyrrole nitrogens is 3. The number of carbonyl (C=O) groups is 5. The van der Waals surface area contributed by atoms with Crippen molar-refractivity contribution in [2.45, 2.75) is 65.0 Å². The number of nitrogens with one attached hydrogen (secondary N) is 7. The number of Topliss-reactive ketones (excluding diaryl/α,β-unsaturated/α-hetero) is 1. The number of aryl methyl sites for hydroxylation is 1. The number of benzene rings is 1. The Bertz CT molecular complexity index is 2840. The second-order valence-electron chi connectivity index (χ2n) is 16.5. The minimum absolute atomic E-state index is 0.0484. The van der Waals surface area contributed by atoms with Crippen molar-refractivity contribution in [3.63, 3.8) is 0 Å². The lowest BCUT2D eigenvalue weighted by molar-refractivity contribution is -0.139. The van der Waals surface area contributed by atoms with Crippen molar-refractivity contribution >= 4 is 64.1 Å². The summed E-state index contributed by atoms with van der Waals surface area (Å²) in [6, 6.07) is 8.83. The van der Waals surface area contributed by atoms with Gasteiger partial charge in [0.2, 0.25) is 17.8 Å². The molecule has 0 saturated carbocycles. The molecular formula is C49H60N12O11. The molecule has 0 bridgehead atoms. The van der Waals surface area contributed by atoms with Crippen molar-refractivity contribution in [1.29, 1.82) is 0 Å². The van der Waals surface area contributed by atoms with Crippen molar-refractivity contribution in [3.05, 3.63) is 116 Å². The quantitative estimate of drug-likeness (QED) is 0.0236. The van der Waals surface area contributed by atoms with Crippen molar-refractivity contribution in [2.24, 2.45) is 4.99 Å². The first-order valence-corrected chi connectivity index (χ1v) is 23.4. The fourth-order valence-electron chi connectivity index (χ4n) is 7.42. The summed E-state index contributed by atoms with van der Waals surface area (Å²) in [5.41, 5.74) is 11.6. The number of ether oxygens (including phenoxy) is 4. The maximum atomic E-state index is 13.2. The first-order valence-electron chi connectivity index (χ1n) is 23.4. The van der Waals surface area contributed by atoms with E-state index in [1.165, 1.54) is 18.3 Å². The van der Waals surface area contributed by atoms with Gasteiger partial charge in [0.1, 0.15) is 17.5 Å². The molecule has 1 aliphatic rings. The van der Waals surface area contributed by atoms with Crippen molar-refractivity contribution in [2.75, 3.05) is 70.9 Å². The van der Waals surface area contributed by atoms with Crippen molar-refractivity contribution in [1.82, 2.24) is 45.9 Å². The number of carboxylic acid groups (broad SMARTS) is 1. The van der Waals surface area contributed by atoms with Gasteiger partial charge in [-0.3, -0.25) is 29.0 Å². The average Bonchev–Trinajstić information content (AvgIpc) is 4.12. The molecule has 3 amide bonds. The maximum Gasteiger partial charge on any atom is 0.326 e. The highest BCUT2D eigenvalue weighted by Gasteiger charge is 2.23. The minimum atomic E-state index is -1.28. The molecule has 0 radical (unpaired) electrons. The molecule has 1 aromatic carbocycles. The van der Waals surface area contributed by atoms with Crippen LogP contribution in [-0.2, 0) is 39.9 Å². The molecule has 6 rings (SSSR count). The zero-order chi connectivity index (χ0) is 51.4. The van der Waals surface area contributed by atoms with Gasteiger partial charge in [-0.25, -0.2) is 19.8 Å². The number of fused-ring (bicyclic) bond motifs is 1. The third kappa shape index (κ3) is 15.7. The molecule has 0 fully saturated rings. The Balaban J connectivity index is 0.741. The highest BCUT2D eigenvalue weighted by atomic mass is 16.5. The molecule has 1 atom stereocenters. The second-order valence-corrected chi connectivity index (χ2v) is 16.5. The summed E-state index contributed by atoms with van der Waals surface area (Å²) in [7, 11) is 1.59. The van der Waals surface area contributed by atoms with Crippen LogP contribution in [0, 0.1) is 13.8 Å². The van der Waals surface area contributed by atoms with E-state index in [9.17, 15) is 33.9 Å². The number of nitrogens with zero attached hydrogens (tertiary/aromatic N) is 4. The van der Waals surface area contributed by atoms with Gasteiger partial charge in [0.05, 0.1) is 63.4 Å². The molecule has 5 heterocycles. The van der Waals surface area contributed by atoms with E-state index in [4.69, 9.17) is 29.7 Å². The topological polar surface area (TPSA) is 332 Å². The molecule has 4 aromatic heterocycles. The number of nitrogens with two attached hydrogens (primary N) is 1. The lowest BCUT2D eigenvalue weighted by atomic mass is 10.0. The number of aliphatic carboxylic acids is 1. The number of rotatable bonds is 30. The Hall–Kier alpha value is -8.02. The molecule has 72 heavy (non-hydrogen) atoms. The van der Waals surface area contributed by atoms with Gasteiger partial charge < -0.3 is 61.0 Å². The lowest BCUT2D eigenvalue weighted by Gasteiger charge is -2.15. The number of anilines is 2. The highest BCUT2D eigenvalue weighted by molar-refractivity contribution is 6.11. The number of aliphatic imine (C=N–C) groups is 1. The number of amides is 3. The molecule has 382 valence electrons. The van der Waals surface area contributed by atoms with Crippen LogP contribution in [0.3, 0.4) is 0 Å². The number of hydrogen-bond acceptors (Lipinski definition) is 16. The number of methoxy groups -OCH3 is 1. The van der Waals surface area contributed by atoms with Gasteiger partial charge >= 0.3 is 5.97 Å². The summed E-state index contributed by atoms with van der Waals surface area (Å²) in [6.45, 7) is 6.89. The Morgan fingerprint density at radius 2 is 1.54 bits per heavy atom. The van der Waals surface area contributed by atoms with E-state index in [1.807, 2.05) is 44.3 Å². The molecule has 0 spiro atoms. The Morgan fingerprint density at radius 3 is 2.19 bits per heavy atom. The van der Waals surface area contributed by atoms with Gasteiger partial charge in [-0.2, -0.15) is 4.98 Å². The first kappa shape index (κ1) is 53.3. The Kier molecular flexibility index (Phi) is 19.9. The zero-order valence-corrected chi connectivity index (χ0v) is 40.4. The number of nitrogen functional groups attached to an aromatic ring is 1. The van der Waals surface area contributed by atoms with E-state index >= 15 is 0 Å². The summed E-state index contributed by atoms with van der Waals surface area (Å²) >= 11 is 0. The fraction of sp³-hybridized carbons (Fsp3) is 0.388. The largest absolute Gasteiger partial charge is 0.494 e. The summed E-state index contributed by atoms with van der Waals surface area (Å²) in [6.07, 6.45) is 8.04. The monoisotopic (exact) mass is 992 g/mol. The van der Waals surface area contributed by atoms with Crippen molar-refractivity contribution in [3.8, 4) is 0 Å².